The molecule has 0 aliphatic heterocycles. The molecule has 0 aromatic carbocycles. The second-order valence-corrected chi connectivity index (χ2v) is 4.95. The fraction of sp³-hybridized carbons (Fsp3) is 0.333. The molecule has 3 aromatic heterocycles. The number of fused-ring (bicyclic) bond motifs is 1. The van der Waals surface area contributed by atoms with Crippen LogP contribution in [0.3, 0.4) is 0 Å². The van der Waals surface area contributed by atoms with Gasteiger partial charge in [-0.3, -0.25) is 4.68 Å². The maximum absolute atomic E-state index is 4.52. The molecule has 0 atom stereocenters. The zero-order valence-electron chi connectivity index (χ0n) is 11.9. The molecule has 5 nitrogen and oxygen atoms in total. The van der Waals surface area contributed by atoms with Gasteiger partial charge in [-0.15, -0.1) is 0 Å². The largest absolute Gasteiger partial charge is 0.332 e. The Labute approximate surface area is 118 Å². The molecule has 0 unspecified atom stereocenters. The van der Waals surface area contributed by atoms with Gasteiger partial charge in [0, 0.05) is 56.2 Å². The molecule has 3 rings (SSSR count). The van der Waals surface area contributed by atoms with E-state index in [4.69, 9.17) is 0 Å². The standard InChI is InChI=1S/C15H19N5/c1-16-10-12-11-20(15-14(12)4-3-7-17-15)9-6-13-5-8-18-19(13)2/h3-5,7-8,11,16H,6,9-10H2,1-2H3. The third-order valence-corrected chi connectivity index (χ3v) is 3.61. The summed E-state index contributed by atoms with van der Waals surface area (Å²) < 4.78 is 4.16. The summed E-state index contributed by atoms with van der Waals surface area (Å²) in [7, 11) is 3.95. The summed E-state index contributed by atoms with van der Waals surface area (Å²) in [6.45, 7) is 1.78. The van der Waals surface area contributed by atoms with Crippen molar-refractivity contribution < 1.29 is 0 Å². The third-order valence-electron chi connectivity index (χ3n) is 3.61. The fourth-order valence-electron chi connectivity index (χ4n) is 2.58. The van der Waals surface area contributed by atoms with Crippen molar-refractivity contribution in [2.45, 2.75) is 19.5 Å². The lowest BCUT2D eigenvalue weighted by Gasteiger charge is -2.05. The first-order chi connectivity index (χ1) is 9.79. The van der Waals surface area contributed by atoms with Crippen LogP contribution >= 0.6 is 0 Å². The van der Waals surface area contributed by atoms with E-state index in [-0.39, 0.29) is 0 Å². The van der Waals surface area contributed by atoms with Crippen LogP contribution in [0.15, 0.2) is 36.8 Å². The van der Waals surface area contributed by atoms with Gasteiger partial charge in [0.05, 0.1) is 0 Å². The highest BCUT2D eigenvalue weighted by molar-refractivity contribution is 5.80. The van der Waals surface area contributed by atoms with Gasteiger partial charge in [-0.1, -0.05) is 0 Å². The molecule has 0 radical (unpaired) electrons. The van der Waals surface area contributed by atoms with Crippen molar-refractivity contribution in [1.82, 2.24) is 24.6 Å². The molecule has 1 N–H and O–H groups in total. The van der Waals surface area contributed by atoms with Gasteiger partial charge in [-0.05, 0) is 30.8 Å². The summed E-state index contributed by atoms with van der Waals surface area (Å²) in [5, 5.41) is 8.65. The Morgan fingerprint density at radius 3 is 2.90 bits per heavy atom. The van der Waals surface area contributed by atoms with E-state index in [0.717, 1.165) is 25.2 Å². The molecule has 0 fully saturated rings. The molecule has 20 heavy (non-hydrogen) atoms. The Morgan fingerprint density at radius 2 is 2.15 bits per heavy atom. The van der Waals surface area contributed by atoms with Crippen LogP contribution < -0.4 is 5.32 Å². The lowest BCUT2D eigenvalue weighted by Crippen LogP contribution is -2.06. The number of nitrogens with one attached hydrogen (secondary N) is 1. The Kier molecular flexibility index (Phi) is 3.52. The highest BCUT2D eigenvalue weighted by Gasteiger charge is 2.09. The quantitative estimate of drug-likeness (QED) is 0.767. The normalized spacial score (nSPS) is 11.3. The number of hydrogen-bond acceptors (Lipinski definition) is 3. The van der Waals surface area contributed by atoms with Crippen LogP contribution in [-0.2, 0) is 26.6 Å². The Bertz CT molecular complexity index is 710. The molecule has 3 heterocycles. The molecule has 0 aliphatic carbocycles. The minimum Gasteiger partial charge on any atom is -0.332 e. The maximum Gasteiger partial charge on any atom is 0.140 e. The summed E-state index contributed by atoms with van der Waals surface area (Å²) >= 11 is 0. The van der Waals surface area contributed by atoms with Crippen LogP contribution in [-0.4, -0.2) is 26.4 Å². The number of hydrogen-bond donors (Lipinski definition) is 1. The van der Waals surface area contributed by atoms with Crippen LogP contribution in [0.1, 0.15) is 11.3 Å². The number of nitrogens with zero attached hydrogens (tertiary/aromatic N) is 4. The van der Waals surface area contributed by atoms with Crippen molar-refractivity contribution in [2.24, 2.45) is 7.05 Å². The average molecular weight is 269 g/mol. The van der Waals surface area contributed by atoms with Gasteiger partial charge in [-0.25, -0.2) is 4.98 Å². The molecule has 0 spiro atoms. The van der Waals surface area contributed by atoms with E-state index < -0.39 is 0 Å². The summed E-state index contributed by atoms with van der Waals surface area (Å²) in [5.74, 6) is 0. The van der Waals surface area contributed by atoms with Crippen LogP contribution in [0.25, 0.3) is 11.0 Å². The predicted molar refractivity (Wildman–Crippen MR) is 79.4 cm³/mol. The second-order valence-electron chi connectivity index (χ2n) is 4.95. The molecular formula is C15H19N5. The van der Waals surface area contributed by atoms with Crippen LogP contribution in [0, 0.1) is 0 Å². The fourth-order valence-corrected chi connectivity index (χ4v) is 2.58. The van der Waals surface area contributed by atoms with Crippen LogP contribution in [0.4, 0.5) is 0 Å². The van der Waals surface area contributed by atoms with Gasteiger partial charge in [0.25, 0.3) is 0 Å². The van der Waals surface area contributed by atoms with Crippen LogP contribution in [0.2, 0.25) is 0 Å². The van der Waals surface area contributed by atoms with E-state index in [2.05, 4.69) is 38.3 Å². The summed E-state index contributed by atoms with van der Waals surface area (Å²) in [4.78, 5) is 4.52. The van der Waals surface area contributed by atoms with E-state index in [1.54, 1.807) is 0 Å². The van der Waals surface area contributed by atoms with Crippen molar-refractivity contribution in [3.8, 4) is 0 Å². The van der Waals surface area contributed by atoms with Gasteiger partial charge in [-0.2, -0.15) is 5.10 Å². The molecule has 0 saturated carbocycles. The second kappa shape index (κ2) is 5.46. The van der Waals surface area contributed by atoms with Gasteiger partial charge >= 0.3 is 0 Å². The molecule has 5 heteroatoms. The van der Waals surface area contributed by atoms with E-state index in [9.17, 15) is 0 Å². The molecule has 3 aromatic rings. The molecule has 104 valence electrons. The highest BCUT2D eigenvalue weighted by atomic mass is 15.3. The first-order valence-corrected chi connectivity index (χ1v) is 6.84. The SMILES string of the molecule is CNCc1cn(CCc2ccnn2C)c2ncccc12. The van der Waals surface area contributed by atoms with Crippen molar-refractivity contribution in [3.63, 3.8) is 0 Å². The van der Waals surface area contributed by atoms with Crippen molar-refractivity contribution in [3.05, 3.63) is 48.0 Å². The van der Waals surface area contributed by atoms with Gasteiger partial charge in [0.2, 0.25) is 0 Å². The highest BCUT2D eigenvalue weighted by Crippen LogP contribution is 2.19. The van der Waals surface area contributed by atoms with Crippen LogP contribution in [0.5, 0.6) is 0 Å². The van der Waals surface area contributed by atoms with E-state index >= 15 is 0 Å². The average Bonchev–Trinajstić information content (AvgIpc) is 3.02. The summed E-state index contributed by atoms with van der Waals surface area (Å²) in [5.41, 5.74) is 3.58. The molecule has 0 aliphatic rings. The zero-order chi connectivity index (χ0) is 13.9. The van der Waals surface area contributed by atoms with E-state index in [1.165, 1.54) is 16.6 Å². The van der Waals surface area contributed by atoms with Crippen molar-refractivity contribution in [2.75, 3.05) is 7.05 Å². The first-order valence-electron chi connectivity index (χ1n) is 6.84. The molecule has 0 amide bonds. The number of pyridine rings is 1. The van der Waals surface area contributed by atoms with Gasteiger partial charge < -0.3 is 9.88 Å². The molecular weight excluding hydrogens is 250 g/mol. The lowest BCUT2D eigenvalue weighted by molar-refractivity contribution is 0.644. The van der Waals surface area contributed by atoms with E-state index in [0.29, 0.717) is 0 Å². The monoisotopic (exact) mass is 269 g/mol. The van der Waals surface area contributed by atoms with E-state index in [1.807, 2.05) is 37.2 Å². The Balaban J connectivity index is 1.89. The van der Waals surface area contributed by atoms with Gasteiger partial charge in [0.1, 0.15) is 5.65 Å². The van der Waals surface area contributed by atoms with Crippen molar-refractivity contribution >= 4 is 11.0 Å². The lowest BCUT2D eigenvalue weighted by atomic mass is 10.2. The van der Waals surface area contributed by atoms with Gasteiger partial charge in [0.15, 0.2) is 0 Å². The summed E-state index contributed by atoms with van der Waals surface area (Å²) in [6.07, 6.45) is 6.85. The smallest absolute Gasteiger partial charge is 0.140 e. The van der Waals surface area contributed by atoms with Crippen molar-refractivity contribution in [1.29, 1.82) is 0 Å². The number of rotatable bonds is 5. The zero-order valence-corrected chi connectivity index (χ0v) is 11.9. The molecule has 0 saturated heterocycles. The summed E-state index contributed by atoms with van der Waals surface area (Å²) in [6, 6.07) is 6.19. The minimum atomic E-state index is 0.862. The third kappa shape index (κ3) is 2.32. The molecule has 0 bridgehead atoms. The minimum absolute atomic E-state index is 0.862. The predicted octanol–water partition coefficient (Wildman–Crippen LogP) is 1.73. The Hall–Kier alpha value is -2.14. The topological polar surface area (TPSA) is 47.7 Å². The maximum atomic E-state index is 4.52. The Morgan fingerprint density at radius 1 is 1.25 bits per heavy atom. The first kappa shape index (κ1) is 12.9. The number of aromatic nitrogens is 4. The number of aryl methyl sites for hydroxylation is 3.